The molecule has 4 nitrogen and oxygen atoms in total. The van der Waals surface area contributed by atoms with Crippen LogP contribution < -0.4 is 4.74 Å². The molecule has 0 radical (unpaired) electrons. The van der Waals surface area contributed by atoms with Crippen LogP contribution in [0.4, 0.5) is 4.39 Å². The highest BCUT2D eigenvalue weighted by molar-refractivity contribution is 5.96. The second-order valence-electron chi connectivity index (χ2n) is 3.64. The van der Waals surface area contributed by atoms with Gasteiger partial charge >= 0.3 is 0 Å². The minimum Gasteiger partial charge on any atom is -0.497 e. The number of ether oxygens (including phenoxy) is 3. The van der Waals surface area contributed by atoms with Crippen LogP contribution in [0.5, 0.6) is 5.75 Å². The van der Waals surface area contributed by atoms with Gasteiger partial charge in [-0.05, 0) is 12.1 Å². The van der Waals surface area contributed by atoms with Crippen molar-refractivity contribution in [1.82, 2.24) is 0 Å². The van der Waals surface area contributed by atoms with Gasteiger partial charge in [-0.1, -0.05) is 0 Å². The van der Waals surface area contributed by atoms with Crippen molar-refractivity contribution < 1.29 is 23.4 Å². The maximum absolute atomic E-state index is 13.6. The first-order valence-corrected chi connectivity index (χ1v) is 5.30. The van der Waals surface area contributed by atoms with Crippen LogP contribution in [0, 0.1) is 5.82 Å². The molecule has 1 aromatic carbocycles. The molecule has 5 heteroatoms. The van der Waals surface area contributed by atoms with Crippen LogP contribution in [0.25, 0.3) is 0 Å². The third-order valence-corrected chi connectivity index (χ3v) is 2.52. The van der Waals surface area contributed by atoms with Gasteiger partial charge in [-0.2, -0.15) is 0 Å². The number of hydrogen-bond donors (Lipinski definition) is 0. The number of rotatable bonds is 4. The average Bonchev–Trinajstić information content (AvgIpc) is 2.81. The zero-order valence-corrected chi connectivity index (χ0v) is 9.44. The molecule has 0 saturated carbocycles. The van der Waals surface area contributed by atoms with Gasteiger partial charge in [0.25, 0.3) is 0 Å². The van der Waals surface area contributed by atoms with E-state index in [2.05, 4.69) is 0 Å². The smallest absolute Gasteiger partial charge is 0.170 e. The van der Waals surface area contributed by atoms with Gasteiger partial charge in [-0.3, -0.25) is 4.79 Å². The molecular formula is C12H13FO4. The van der Waals surface area contributed by atoms with Gasteiger partial charge < -0.3 is 14.2 Å². The number of carbonyl (C=O) groups is 1. The molecule has 0 atom stereocenters. The van der Waals surface area contributed by atoms with E-state index in [0.29, 0.717) is 19.0 Å². The zero-order valence-electron chi connectivity index (χ0n) is 9.44. The monoisotopic (exact) mass is 240 g/mol. The van der Waals surface area contributed by atoms with Gasteiger partial charge in [0.2, 0.25) is 0 Å². The van der Waals surface area contributed by atoms with Crippen LogP contribution in [-0.4, -0.2) is 32.4 Å². The highest BCUT2D eigenvalue weighted by Gasteiger charge is 2.22. The van der Waals surface area contributed by atoms with Crippen LogP contribution in [0.15, 0.2) is 18.2 Å². The fourth-order valence-electron chi connectivity index (χ4n) is 1.64. The number of benzene rings is 1. The van der Waals surface area contributed by atoms with Crippen molar-refractivity contribution in [2.24, 2.45) is 0 Å². The number of Topliss-reactive ketones (excluding diaryl/α,β-unsaturated/α-hetero) is 1. The molecule has 0 spiro atoms. The molecule has 1 fully saturated rings. The molecule has 1 aliphatic heterocycles. The Kier molecular flexibility index (Phi) is 3.71. The third kappa shape index (κ3) is 2.81. The number of carbonyl (C=O) groups excluding carboxylic acids is 1. The Morgan fingerprint density at radius 2 is 2.18 bits per heavy atom. The summed E-state index contributed by atoms with van der Waals surface area (Å²) in [6.07, 6.45) is -0.521. The van der Waals surface area contributed by atoms with Crippen molar-refractivity contribution in [3.8, 4) is 5.75 Å². The normalized spacial score (nSPS) is 16.1. The quantitative estimate of drug-likeness (QED) is 0.752. The standard InChI is InChI=1S/C12H13FO4/c1-15-8-2-3-9(10(13)6-8)11(14)7-12-16-4-5-17-12/h2-3,6,12H,4-5,7H2,1H3. The van der Waals surface area contributed by atoms with Gasteiger partial charge in [-0.15, -0.1) is 0 Å². The topological polar surface area (TPSA) is 44.8 Å². The van der Waals surface area contributed by atoms with E-state index in [0.717, 1.165) is 0 Å². The highest BCUT2D eigenvalue weighted by atomic mass is 19.1. The molecule has 0 amide bonds. The fourth-order valence-corrected chi connectivity index (χ4v) is 1.64. The summed E-state index contributed by atoms with van der Waals surface area (Å²) in [5.74, 6) is -0.545. The van der Waals surface area contributed by atoms with Gasteiger partial charge in [0, 0.05) is 6.07 Å². The Hall–Kier alpha value is -1.46. The lowest BCUT2D eigenvalue weighted by atomic mass is 10.1. The predicted octanol–water partition coefficient (Wildman–Crippen LogP) is 1.78. The Labute approximate surface area is 98.3 Å². The van der Waals surface area contributed by atoms with Crippen LogP contribution in [0.2, 0.25) is 0 Å². The van der Waals surface area contributed by atoms with Crippen molar-refractivity contribution in [3.63, 3.8) is 0 Å². The van der Waals surface area contributed by atoms with Crippen LogP contribution in [0.3, 0.4) is 0 Å². The first kappa shape index (κ1) is 12.0. The molecule has 1 aliphatic rings. The number of hydrogen-bond acceptors (Lipinski definition) is 4. The number of ketones is 1. The van der Waals surface area contributed by atoms with E-state index in [1.807, 2.05) is 0 Å². The summed E-state index contributed by atoms with van der Waals surface area (Å²) < 4.78 is 28.7. The molecule has 92 valence electrons. The molecule has 1 aromatic rings. The van der Waals surface area contributed by atoms with E-state index in [9.17, 15) is 9.18 Å². The van der Waals surface area contributed by atoms with E-state index >= 15 is 0 Å². The second-order valence-corrected chi connectivity index (χ2v) is 3.64. The lowest BCUT2D eigenvalue weighted by Crippen LogP contribution is -2.15. The molecule has 1 saturated heterocycles. The number of halogens is 1. The Morgan fingerprint density at radius 3 is 2.76 bits per heavy atom. The molecule has 0 aliphatic carbocycles. The van der Waals surface area contributed by atoms with E-state index in [1.54, 1.807) is 6.07 Å². The minimum absolute atomic E-state index is 0.0310. The van der Waals surface area contributed by atoms with Crippen LogP contribution in [-0.2, 0) is 9.47 Å². The second kappa shape index (κ2) is 5.25. The van der Waals surface area contributed by atoms with Gasteiger partial charge in [0.05, 0.1) is 32.3 Å². The number of methoxy groups -OCH3 is 1. The summed E-state index contributed by atoms with van der Waals surface area (Å²) in [4.78, 5) is 11.8. The molecule has 0 unspecified atom stereocenters. The molecule has 0 N–H and O–H groups in total. The third-order valence-electron chi connectivity index (χ3n) is 2.52. The molecule has 0 bridgehead atoms. The first-order chi connectivity index (χ1) is 8.20. The van der Waals surface area contributed by atoms with Crippen molar-refractivity contribution in [1.29, 1.82) is 0 Å². The summed E-state index contributed by atoms with van der Waals surface area (Å²) in [6, 6.07) is 4.14. The van der Waals surface area contributed by atoms with Gasteiger partial charge in [-0.25, -0.2) is 4.39 Å². The van der Waals surface area contributed by atoms with Crippen LogP contribution in [0.1, 0.15) is 16.8 Å². The summed E-state index contributed by atoms with van der Waals surface area (Å²) in [5.41, 5.74) is 0.0323. The van der Waals surface area contributed by atoms with E-state index < -0.39 is 12.1 Å². The SMILES string of the molecule is COc1ccc(C(=O)CC2OCCO2)c(F)c1. The maximum Gasteiger partial charge on any atom is 0.170 e. The molecular weight excluding hydrogens is 227 g/mol. The highest BCUT2D eigenvalue weighted by Crippen LogP contribution is 2.19. The van der Waals surface area contributed by atoms with Gasteiger partial charge in [0.1, 0.15) is 11.6 Å². The van der Waals surface area contributed by atoms with Crippen LogP contribution >= 0.6 is 0 Å². The molecule has 17 heavy (non-hydrogen) atoms. The average molecular weight is 240 g/mol. The minimum atomic E-state index is -0.590. The fraction of sp³-hybridized carbons (Fsp3) is 0.417. The first-order valence-electron chi connectivity index (χ1n) is 5.30. The van der Waals surface area contributed by atoms with E-state index in [1.165, 1.54) is 19.2 Å². The van der Waals surface area contributed by atoms with Crippen molar-refractivity contribution in [2.75, 3.05) is 20.3 Å². The Morgan fingerprint density at radius 1 is 1.47 bits per heavy atom. The lowest BCUT2D eigenvalue weighted by molar-refractivity contribution is -0.0408. The van der Waals surface area contributed by atoms with Gasteiger partial charge in [0.15, 0.2) is 12.1 Å². The Bertz CT molecular complexity index is 413. The lowest BCUT2D eigenvalue weighted by Gasteiger charge is -2.09. The molecule has 2 rings (SSSR count). The Balaban J connectivity index is 2.07. The predicted molar refractivity (Wildman–Crippen MR) is 57.6 cm³/mol. The molecule has 0 aromatic heterocycles. The zero-order chi connectivity index (χ0) is 12.3. The summed E-state index contributed by atoms with van der Waals surface area (Å²) in [6.45, 7) is 0.950. The maximum atomic E-state index is 13.6. The van der Waals surface area contributed by atoms with E-state index in [-0.39, 0.29) is 17.8 Å². The van der Waals surface area contributed by atoms with Crippen molar-refractivity contribution in [2.45, 2.75) is 12.7 Å². The summed E-state index contributed by atoms with van der Waals surface area (Å²) in [7, 11) is 1.44. The van der Waals surface area contributed by atoms with Crippen molar-refractivity contribution >= 4 is 5.78 Å². The summed E-state index contributed by atoms with van der Waals surface area (Å²) in [5, 5.41) is 0. The largest absolute Gasteiger partial charge is 0.497 e. The van der Waals surface area contributed by atoms with E-state index in [4.69, 9.17) is 14.2 Å². The summed E-state index contributed by atoms with van der Waals surface area (Å²) >= 11 is 0. The molecule has 1 heterocycles. The van der Waals surface area contributed by atoms with Crippen molar-refractivity contribution in [3.05, 3.63) is 29.6 Å².